The lowest BCUT2D eigenvalue weighted by molar-refractivity contribution is 0.124. The van der Waals surface area contributed by atoms with Crippen molar-refractivity contribution in [1.82, 2.24) is 5.32 Å². The van der Waals surface area contributed by atoms with Crippen molar-refractivity contribution in [2.24, 2.45) is 0 Å². The van der Waals surface area contributed by atoms with E-state index in [9.17, 15) is 0 Å². The van der Waals surface area contributed by atoms with Gasteiger partial charge in [-0.25, -0.2) is 0 Å². The molecule has 0 radical (unpaired) electrons. The molecule has 98 valence electrons. The molecule has 0 spiro atoms. The highest BCUT2D eigenvalue weighted by molar-refractivity contribution is 4.60. The van der Waals surface area contributed by atoms with Gasteiger partial charge in [-0.15, -0.1) is 0 Å². The van der Waals surface area contributed by atoms with Gasteiger partial charge in [0.25, 0.3) is 0 Å². The summed E-state index contributed by atoms with van der Waals surface area (Å²) in [5.74, 6) is 0. The molecule has 0 saturated carbocycles. The first-order valence-corrected chi connectivity index (χ1v) is 7.10. The molecule has 0 aliphatic heterocycles. The van der Waals surface area contributed by atoms with Crippen molar-refractivity contribution in [3.05, 3.63) is 0 Å². The zero-order valence-electron chi connectivity index (χ0n) is 11.6. The fraction of sp³-hybridized carbons (Fsp3) is 1.00. The number of hydrogen-bond acceptors (Lipinski definition) is 2. The third-order valence-corrected chi connectivity index (χ3v) is 3.13. The summed E-state index contributed by atoms with van der Waals surface area (Å²) >= 11 is 0. The Kier molecular flexibility index (Phi) is 12.9. The average molecular weight is 229 g/mol. The summed E-state index contributed by atoms with van der Waals surface area (Å²) < 4.78 is 5.63. The van der Waals surface area contributed by atoms with E-state index in [-0.39, 0.29) is 0 Å². The van der Waals surface area contributed by atoms with Crippen LogP contribution in [0.15, 0.2) is 0 Å². The third-order valence-electron chi connectivity index (χ3n) is 3.13. The van der Waals surface area contributed by atoms with Crippen LogP contribution in [0.25, 0.3) is 0 Å². The molecule has 0 aliphatic rings. The topological polar surface area (TPSA) is 21.3 Å². The van der Waals surface area contributed by atoms with Gasteiger partial charge in [-0.2, -0.15) is 0 Å². The van der Waals surface area contributed by atoms with E-state index in [1.54, 1.807) is 0 Å². The van der Waals surface area contributed by atoms with Crippen LogP contribution < -0.4 is 5.32 Å². The van der Waals surface area contributed by atoms with E-state index >= 15 is 0 Å². The summed E-state index contributed by atoms with van der Waals surface area (Å²) in [5.41, 5.74) is 0. The molecule has 0 fully saturated rings. The highest BCUT2D eigenvalue weighted by Gasteiger charge is 2.01. The number of rotatable bonds is 12. The quantitative estimate of drug-likeness (QED) is 0.515. The first-order valence-electron chi connectivity index (χ1n) is 7.10. The smallest absolute Gasteiger partial charge is 0.0466 e. The highest BCUT2D eigenvalue weighted by atomic mass is 16.5. The predicted molar refractivity (Wildman–Crippen MR) is 72.0 cm³/mol. The summed E-state index contributed by atoms with van der Waals surface area (Å²) in [5, 5.41) is 3.32. The third kappa shape index (κ3) is 10.4. The van der Waals surface area contributed by atoms with E-state index in [1.165, 1.54) is 51.4 Å². The molecule has 1 atom stereocenters. The second kappa shape index (κ2) is 13.0. The molecule has 2 nitrogen and oxygen atoms in total. The molecule has 1 unspecified atom stereocenters. The lowest BCUT2D eigenvalue weighted by Gasteiger charge is -2.13. The minimum atomic E-state index is 0.674. The van der Waals surface area contributed by atoms with Crippen LogP contribution in [0.3, 0.4) is 0 Å². The van der Waals surface area contributed by atoms with E-state index in [0.29, 0.717) is 6.04 Å². The molecule has 2 heteroatoms. The molecule has 1 N–H and O–H groups in total. The van der Waals surface area contributed by atoms with Crippen LogP contribution in [0.4, 0.5) is 0 Å². The van der Waals surface area contributed by atoms with Crippen molar-refractivity contribution in [1.29, 1.82) is 0 Å². The molecular formula is C14H31NO. The molecule has 0 aromatic heterocycles. The van der Waals surface area contributed by atoms with Crippen LogP contribution >= 0.6 is 0 Å². The van der Waals surface area contributed by atoms with E-state index in [4.69, 9.17) is 4.74 Å². The molecule has 0 bridgehead atoms. The van der Waals surface area contributed by atoms with Crippen LogP contribution in [-0.4, -0.2) is 26.3 Å². The van der Waals surface area contributed by atoms with E-state index < -0.39 is 0 Å². The van der Waals surface area contributed by atoms with Crippen LogP contribution in [0.1, 0.15) is 65.2 Å². The first kappa shape index (κ1) is 15.9. The Morgan fingerprint density at radius 3 is 2.25 bits per heavy atom. The van der Waals surface area contributed by atoms with Gasteiger partial charge in [-0.1, -0.05) is 39.5 Å². The summed E-state index contributed by atoms with van der Waals surface area (Å²) in [7, 11) is 2.04. The SMILES string of the molecule is CCCCCCCOCCCC(CC)NC. The zero-order valence-corrected chi connectivity index (χ0v) is 11.6. The number of unbranched alkanes of at least 4 members (excludes halogenated alkanes) is 4. The Hall–Kier alpha value is -0.0800. The van der Waals surface area contributed by atoms with Crippen LogP contribution in [0.5, 0.6) is 0 Å². The van der Waals surface area contributed by atoms with Crippen molar-refractivity contribution in [3.8, 4) is 0 Å². The molecule has 0 heterocycles. The molecule has 16 heavy (non-hydrogen) atoms. The van der Waals surface area contributed by atoms with Gasteiger partial charge in [-0.05, 0) is 32.7 Å². The maximum atomic E-state index is 5.63. The maximum Gasteiger partial charge on any atom is 0.0466 e. The monoisotopic (exact) mass is 229 g/mol. The van der Waals surface area contributed by atoms with Gasteiger partial charge in [-0.3, -0.25) is 0 Å². The van der Waals surface area contributed by atoms with E-state index in [2.05, 4.69) is 19.2 Å². The van der Waals surface area contributed by atoms with Gasteiger partial charge in [0.15, 0.2) is 0 Å². The van der Waals surface area contributed by atoms with Gasteiger partial charge in [0.2, 0.25) is 0 Å². The standard InChI is InChI=1S/C14H31NO/c1-4-6-7-8-9-12-16-13-10-11-14(5-2)15-3/h14-15H,4-13H2,1-3H3. The summed E-state index contributed by atoms with van der Waals surface area (Å²) in [4.78, 5) is 0. The van der Waals surface area contributed by atoms with Crippen molar-refractivity contribution in [3.63, 3.8) is 0 Å². The van der Waals surface area contributed by atoms with Gasteiger partial charge >= 0.3 is 0 Å². The van der Waals surface area contributed by atoms with Crippen LogP contribution in [0.2, 0.25) is 0 Å². The Morgan fingerprint density at radius 1 is 0.938 bits per heavy atom. The maximum absolute atomic E-state index is 5.63. The predicted octanol–water partition coefficient (Wildman–Crippen LogP) is 3.75. The Labute approximate surface area is 102 Å². The minimum absolute atomic E-state index is 0.674. The van der Waals surface area contributed by atoms with E-state index in [0.717, 1.165) is 13.2 Å². The summed E-state index contributed by atoms with van der Waals surface area (Å²) in [6, 6.07) is 0.674. The second-order valence-corrected chi connectivity index (χ2v) is 4.56. The van der Waals surface area contributed by atoms with Gasteiger partial charge < -0.3 is 10.1 Å². The van der Waals surface area contributed by atoms with Crippen LogP contribution in [0, 0.1) is 0 Å². The van der Waals surface area contributed by atoms with Crippen molar-refractivity contribution in [2.75, 3.05) is 20.3 Å². The summed E-state index contributed by atoms with van der Waals surface area (Å²) in [6.07, 6.45) is 10.3. The number of nitrogens with one attached hydrogen (secondary N) is 1. The lowest BCUT2D eigenvalue weighted by Crippen LogP contribution is -2.24. The van der Waals surface area contributed by atoms with Crippen molar-refractivity contribution in [2.45, 2.75) is 71.3 Å². The fourth-order valence-corrected chi connectivity index (χ4v) is 1.89. The number of hydrogen-bond donors (Lipinski definition) is 1. The van der Waals surface area contributed by atoms with Crippen molar-refractivity contribution >= 4 is 0 Å². The second-order valence-electron chi connectivity index (χ2n) is 4.56. The highest BCUT2D eigenvalue weighted by Crippen LogP contribution is 2.04. The van der Waals surface area contributed by atoms with Gasteiger partial charge in [0.05, 0.1) is 0 Å². The van der Waals surface area contributed by atoms with Crippen molar-refractivity contribution < 1.29 is 4.74 Å². The summed E-state index contributed by atoms with van der Waals surface area (Å²) in [6.45, 7) is 6.38. The molecule has 0 amide bonds. The Bertz CT molecular complexity index is 124. The minimum Gasteiger partial charge on any atom is -0.381 e. The van der Waals surface area contributed by atoms with Gasteiger partial charge in [0, 0.05) is 19.3 Å². The molecule has 0 aliphatic carbocycles. The Balaban J connectivity index is 3.03. The van der Waals surface area contributed by atoms with Gasteiger partial charge in [0.1, 0.15) is 0 Å². The lowest BCUT2D eigenvalue weighted by atomic mass is 10.1. The normalized spacial score (nSPS) is 12.9. The average Bonchev–Trinajstić information content (AvgIpc) is 2.32. The molecule has 0 saturated heterocycles. The van der Waals surface area contributed by atoms with Crippen LogP contribution in [-0.2, 0) is 4.74 Å². The zero-order chi connectivity index (χ0) is 12.1. The number of ether oxygens (including phenoxy) is 1. The Morgan fingerprint density at radius 2 is 1.62 bits per heavy atom. The molecular weight excluding hydrogens is 198 g/mol. The molecule has 0 aromatic rings. The fourth-order valence-electron chi connectivity index (χ4n) is 1.89. The largest absolute Gasteiger partial charge is 0.381 e. The molecule has 0 aromatic carbocycles. The molecule has 0 rings (SSSR count). The first-order chi connectivity index (χ1) is 7.85. The van der Waals surface area contributed by atoms with E-state index in [1.807, 2.05) is 7.05 Å².